The Morgan fingerprint density at radius 3 is 2.62 bits per heavy atom. The Morgan fingerprint density at radius 2 is 2.06 bits per heavy atom. The molecule has 1 aliphatic heterocycles. The molecule has 0 fully saturated rings. The van der Waals surface area contributed by atoms with Crippen molar-refractivity contribution in [2.45, 2.75) is 13.5 Å². The molecule has 1 aliphatic rings. The second-order valence-corrected chi connectivity index (χ2v) is 5.22. The van der Waals surface area contributed by atoms with Crippen LogP contribution in [0.5, 0.6) is 0 Å². The van der Waals surface area contributed by atoms with Crippen LogP contribution in [0.4, 0.5) is 0 Å². The van der Waals surface area contributed by atoms with Gasteiger partial charge in [0.2, 0.25) is 5.88 Å². The van der Waals surface area contributed by atoms with E-state index in [1.165, 1.54) is 6.20 Å². The maximum atomic E-state index is 11.5. The molecule has 0 aliphatic carbocycles. The lowest BCUT2D eigenvalue weighted by Crippen LogP contribution is -2.29. The molecular weight excluding hydrogens is 228 g/mol. The lowest BCUT2D eigenvalue weighted by atomic mass is 10.1. The zero-order valence-electron chi connectivity index (χ0n) is 8.71. The van der Waals surface area contributed by atoms with Gasteiger partial charge in [-0.25, -0.2) is 4.72 Å². The largest absolute Gasteiger partial charge is 0.493 e. The van der Waals surface area contributed by atoms with Gasteiger partial charge in [-0.05, 0) is 18.1 Å². The van der Waals surface area contributed by atoms with Crippen LogP contribution in [0.15, 0.2) is 36.3 Å². The van der Waals surface area contributed by atoms with E-state index >= 15 is 0 Å². The molecular formula is C10H12N2O3S. The summed E-state index contributed by atoms with van der Waals surface area (Å²) in [4.78, 5) is 0. The predicted molar refractivity (Wildman–Crippen MR) is 59.5 cm³/mol. The highest BCUT2D eigenvalue weighted by molar-refractivity contribution is 7.87. The third kappa shape index (κ3) is 1.96. The molecule has 0 spiro atoms. The average Bonchev–Trinajstić information content (AvgIpc) is 2.43. The predicted octanol–water partition coefficient (Wildman–Crippen LogP) is 1.00. The first-order valence-electron chi connectivity index (χ1n) is 4.74. The smallest absolute Gasteiger partial charge is 0.326 e. The number of aliphatic hydroxyl groups is 1. The molecule has 86 valence electrons. The van der Waals surface area contributed by atoms with Gasteiger partial charge >= 0.3 is 10.2 Å². The second-order valence-electron chi connectivity index (χ2n) is 3.59. The number of aliphatic hydroxyl groups excluding tert-OH is 1. The molecule has 0 radical (unpaired) electrons. The standard InChI is InChI=1S/C10H12N2O3S/c1-8-4-2-3-5-9(8)6-12-7-10(13)11-16(12,14)15/h2-5,7,11,13H,6H2,1H3. The fraction of sp³-hybridized carbons (Fsp3) is 0.200. The van der Waals surface area contributed by atoms with Crippen molar-refractivity contribution < 1.29 is 13.5 Å². The Morgan fingerprint density at radius 1 is 1.38 bits per heavy atom. The number of hydrogen-bond acceptors (Lipinski definition) is 3. The Hall–Kier alpha value is -1.69. The molecule has 1 heterocycles. The summed E-state index contributed by atoms with van der Waals surface area (Å²) < 4.78 is 26.1. The van der Waals surface area contributed by atoms with Gasteiger partial charge in [0.15, 0.2) is 0 Å². The van der Waals surface area contributed by atoms with E-state index in [4.69, 9.17) is 5.11 Å². The molecule has 0 bridgehead atoms. The molecule has 0 aromatic heterocycles. The van der Waals surface area contributed by atoms with Crippen LogP contribution in [0, 0.1) is 6.92 Å². The van der Waals surface area contributed by atoms with Gasteiger partial charge in [0.25, 0.3) is 0 Å². The Labute approximate surface area is 94.2 Å². The normalized spacial score (nSPS) is 18.1. The van der Waals surface area contributed by atoms with Gasteiger partial charge in [-0.2, -0.15) is 8.42 Å². The third-order valence-electron chi connectivity index (χ3n) is 2.40. The second kappa shape index (κ2) is 3.71. The highest BCUT2D eigenvalue weighted by Crippen LogP contribution is 2.17. The quantitative estimate of drug-likeness (QED) is 0.810. The molecule has 2 rings (SSSR count). The number of benzene rings is 1. The number of aryl methyl sites for hydroxylation is 1. The van der Waals surface area contributed by atoms with Crippen molar-refractivity contribution in [2.24, 2.45) is 0 Å². The van der Waals surface area contributed by atoms with Gasteiger partial charge in [0.05, 0.1) is 12.7 Å². The highest BCUT2D eigenvalue weighted by Gasteiger charge is 2.27. The van der Waals surface area contributed by atoms with Crippen LogP contribution in [0.3, 0.4) is 0 Å². The van der Waals surface area contributed by atoms with Crippen molar-refractivity contribution >= 4 is 10.2 Å². The van der Waals surface area contributed by atoms with Crippen LogP contribution >= 0.6 is 0 Å². The van der Waals surface area contributed by atoms with E-state index in [2.05, 4.69) is 0 Å². The van der Waals surface area contributed by atoms with Crippen LogP contribution < -0.4 is 4.72 Å². The minimum atomic E-state index is -3.61. The molecule has 5 nitrogen and oxygen atoms in total. The van der Waals surface area contributed by atoms with E-state index in [1.807, 2.05) is 35.9 Å². The van der Waals surface area contributed by atoms with Crippen molar-refractivity contribution in [1.82, 2.24) is 9.03 Å². The summed E-state index contributed by atoms with van der Waals surface area (Å²) in [5.41, 5.74) is 1.91. The van der Waals surface area contributed by atoms with Crippen LogP contribution in [-0.4, -0.2) is 17.8 Å². The van der Waals surface area contributed by atoms with Crippen LogP contribution in [0.2, 0.25) is 0 Å². The fourth-order valence-corrected chi connectivity index (χ4v) is 2.49. The van der Waals surface area contributed by atoms with E-state index in [0.717, 1.165) is 15.4 Å². The zero-order chi connectivity index (χ0) is 11.8. The Kier molecular flexibility index (Phi) is 2.51. The number of hydrogen-bond donors (Lipinski definition) is 2. The average molecular weight is 240 g/mol. The minimum absolute atomic E-state index is 0.214. The number of rotatable bonds is 2. The van der Waals surface area contributed by atoms with Gasteiger partial charge in [0.1, 0.15) is 0 Å². The van der Waals surface area contributed by atoms with Crippen molar-refractivity contribution in [2.75, 3.05) is 0 Å². The van der Waals surface area contributed by atoms with Crippen molar-refractivity contribution in [1.29, 1.82) is 0 Å². The summed E-state index contributed by atoms with van der Waals surface area (Å²) in [6.07, 6.45) is 1.17. The van der Waals surface area contributed by atoms with Crippen LogP contribution in [-0.2, 0) is 16.8 Å². The van der Waals surface area contributed by atoms with Gasteiger partial charge in [-0.1, -0.05) is 24.3 Å². The van der Waals surface area contributed by atoms with E-state index in [9.17, 15) is 8.42 Å². The van der Waals surface area contributed by atoms with Crippen molar-refractivity contribution in [3.8, 4) is 0 Å². The van der Waals surface area contributed by atoms with E-state index in [-0.39, 0.29) is 12.4 Å². The van der Waals surface area contributed by atoms with Gasteiger partial charge in [-0.3, -0.25) is 4.31 Å². The zero-order valence-corrected chi connectivity index (χ0v) is 9.53. The topological polar surface area (TPSA) is 69.6 Å². The first kappa shape index (κ1) is 10.8. The summed E-state index contributed by atoms with van der Waals surface area (Å²) in [5, 5.41) is 9.11. The lowest BCUT2D eigenvalue weighted by Gasteiger charge is -2.15. The van der Waals surface area contributed by atoms with Gasteiger partial charge in [-0.15, -0.1) is 0 Å². The number of nitrogens with zero attached hydrogens (tertiary/aromatic N) is 1. The van der Waals surface area contributed by atoms with Crippen molar-refractivity contribution in [3.63, 3.8) is 0 Å². The third-order valence-corrected chi connectivity index (χ3v) is 3.72. The molecule has 0 unspecified atom stereocenters. The summed E-state index contributed by atoms with van der Waals surface area (Å²) in [5.74, 6) is -0.353. The van der Waals surface area contributed by atoms with E-state index < -0.39 is 10.2 Å². The first-order chi connectivity index (χ1) is 7.49. The molecule has 1 aromatic carbocycles. The Balaban J connectivity index is 2.26. The van der Waals surface area contributed by atoms with Crippen LogP contribution in [0.25, 0.3) is 0 Å². The molecule has 0 atom stereocenters. The summed E-state index contributed by atoms with van der Waals surface area (Å²) in [6, 6.07) is 7.51. The molecule has 0 amide bonds. The maximum absolute atomic E-state index is 11.5. The first-order valence-corrected chi connectivity index (χ1v) is 6.18. The van der Waals surface area contributed by atoms with Gasteiger partial charge in [0, 0.05) is 0 Å². The molecule has 2 N–H and O–H groups in total. The van der Waals surface area contributed by atoms with E-state index in [0.29, 0.717) is 0 Å². The summed E-state index contributed by atoms with van der Waals surface area (Å²) >= 11 is 0. The summed E-state index contributed by atoms with van der Waals surface area (Å²) in [6.45, 7) is 2.13. The maximum Gasteiger partial charge on any atom is 0.326 e. The van der Waals surface area contributed by atoms with Crippen LogP contribution in [0.1, 0.15) is 11.1 Å². The number of nitrogens with one attached hydrogen (secondary N) is 1. The van der Waals surface area contributed by atoms with Gasteiger partial charge < -0.3 is 5.11 Å². The molecule has 0 saturated carbocycles. The summed E-state index contributed by atoms with van der Waals surface area (Å²) in [7, 11) is -3.61. The minimum Gasteiger partial charge on any atom is -0.493 e. The van der Waals surface area contributed by atoms with E-state index in [1.54, 1.807) is 0 Å². The molecule has 16 heavy (non-hydrogen) atoms. The fourth-order valence-electron chi connectivity index (χ4n) is 1.51. The lowest BCUT2D eigenvalue weighted by molar-refractivity contribution is 0.390. The monoisotopic (exact) mass is 240 g/mol. The molecule has 6 heteroatoms. The molecule has 1 aromatic rings. The Bertz CT molecular complexity index is 537. The SMILES string of the molecule is Cc1ccccc1CN1C=C(O)NS1(=O)=O. The van der Waals surface area contributed by atoms with Crippen molar-refractivity contribution in [3.05, 3.63) is 47.5 Å². The molecule has 0 saturated heterocycles. The highest BCUT2D eigenvalue weighted by atomic mass is 32.2.